The maximum atomic E-state index is 12.0. The average molecular weight is 345 g/mol. The average Bonchev–Trinajstić information content (AvgIpc) is 2.44. The summed E-state index contributed by atoms with van der Waals surface area (Å²) in [6.45, 7) is 5.19. The molecule has 1 fully saturated rings. The topological polar surface area (TPSA) is 137 Å². The number of hydrogen-bond acceptors (Lipinski definition) is 5. The Kier molecular flexibility index (Phi) is 7.27. The monoisotopic (exact) mass is 345 g/mol. The number of rotatable bonds is 5. The third kappa shape index (κ3) is 7.03. The molecule has 1 rings (SSSR count). The molecule has 138 valence electrons. The largest absolute Gasteiger partial charge is 0.465 e. The SMILES string of the molecule is CC(C)(C)OC(=O)N[C@@H]1C[C@@H](C(=O)NCCO)CC[C@@H]1NC(=O)O. The molecule has 1 aliphatic rings. The van der Waals surface area contributed by atoms with Crippen LogP contribution < -0.4 is 16.0 Å². The first-order valence-electron chi connectivity index (χ1n) is 8.00. The summed E-state index contributed by atoms with van der Waals surface area (Å²) in [6.07, 6.45) is -0.625. The number of ether oxygens (including phenoxy) is 1. The lowest BCUT2D eigenvalue weighted by atomic mass is 9.81. The predicted octanol–water partition coefficient (Wildman–Crippen LogP) is 0.425. The first-order valence-corrected chi connectivity index (χ1v) is 8.00. The molecule has 5 N–H and O–H groups in total. The Balaban J connectivity index is 2.72. The highest BCUT2D eigenvalue weighted by atomic mass is 16.6. The number of carboxylic acid groups (broad SMARTS) is 1. The minimum atomic E-state index is -1.18. The third-order valence-corrected chi connectivity index (χ3v) is 3.64. The van der Waals surface area contributed by atoms with Crippen molar-refractivity contribution in [3.05, 3.63) is 0 Å². The summed E-state index contributed by atoms with van der Waals surface area (Å²) in [5.74, 6) is -0.572. The Labute approximate surface area is 141 Å². The van der Waals surface area contributed by atoms with Crippen LogP contribution in [0.3, 0.4) is 0 Å². The summed E-state index contributed by atoms with van der Waals surface area (Å²) in [6, 6.07) is -1.04. The number of amides is 3. The molecule has 0 aromatic heterocycles. The summed E-state index contributed by atoms with van der Waals surface area (Å²) in [7, 11) is 0. The summed E-state index contributed by atoms with van der Waals surface area (Å²) in [4.78, 5) is 34.9. The number of carbonyl (C=O) groups excluding carboxylic acids is 2. The van der Waals surface area contributed by atoms with Gasteiger partial charge < -0.3 is 30.9 Å². The van der Waals surface area contributed by atoms with Gasteiger partial charge in [0.15, 0.2) is 0 Å². The Bertz CT molecular complexity index is 463. The van der Waals surface area contributed by atoms with Gasteiger partial charge in [-0.15, -0.1) is 0 Å². The Morgan fingerprint density at radius 3 is 2.33 bits per heavy atom. The van der Waals surface area contributed by atoms with E-state index in [1.54, 1.807) is 20.8 Å². The van der Waals surface area contributed by atoms with E-state index in [2.05, 4.69) is 16.0 Å². The van der Waals surface area contributed by atoms with Crippen LogP contribution in [-0.2, 0) is 9.53 Å². The van der Waals surface area contributed by atoms with Gasteiger partial charge in [0.1, 0.15) is 5.60 Å². The van der Waals surface area contributed by atoms with Crippen molar-refractivity contribution in [1.82, 2.24) is 16.0 Å². The van der Waals surface area contributed by atoms with E-state index < -0.39 is 29.9 Å². The van der Waals surface area contributed by atoms with Crippen molar-refractivity contribution in [2.45, 2.75) is 57.7 Å². The summed E-state index contributed by atoms with van der Waals surface area (Å²) in [5, 5.41) is 25.3. The first-order chi connectivity index (χ1) is 11.1. The molecule has 3 atom stereocenters. The Hall–Kier alpha value is -2.03. The first kappa shape index (κ1) is 20.0. The van der Waals surface area contributed by atoms with Gasteiger partial charge in [-0.2, -0.15) is 0 Å². The number of carbonyl (C=O) groups is 3. The van der Waals surface area contributed by atoms with E-state index in [9.17, 15) is 14.4 Å². The van der Waals surface area contributed by atoms with Crippen molar-refractivity contribution < 1.29 is 29.3 Å². The van der Waals surface area contributed by atoms with Gasteiger partial charge in [-0.25, -0.2) is 9.59 Å². The van der Waals surface area contributed by atoms with Crippen molar-refractivity contribution in [3.8, 4) is 0 Å². The molecule has 0 spiro atoms. The highest BCUT2D eigenvalue weighted by Gasteiger charge is 2.36. The van der Waals surface area contributed by atoms with Crippen LogP contribution in [0.4, 0.5) is 9.59 Å². The van der Waals surface area contributed by atoms with Gasteiger partial charge in [-0.3, -0.25) is 4.79 Å². The second-order valence-corrected chi connectivity index (χ2v) is 6.83. The van der Waals surface area contributed by atoms with Crippen LogP contribution in [0.5, 0.6) is 0 Å². The van der Waals surface area contributed by atoms with Crippen molar-refractivity contribution in [3.63, 3.8) is 0 Å². The lowest BCUT2D eigenvalue weighted by molar-refractivity contribution is -0.126. The van der Waals surface area contributed by atoms with Gasteiger partial charge in [-0.05, 0) is 40.0 Å². The maximum Gasteiger partial charge on any atom is 0.407 e. The molecule has 0 saturated heterocycles. The zero-order valence-corrected chi connectivity index (χ0v) is 14.3. The number of nitrogens with one attached hydrogen (secondary N) is 3. The van der Waals surface area contributed by atoms with Crippen molar-refractivity contribution in [2.75, 3.05) is 13.2 Å². The lowest BCUT2D eigenvalue weighted by Crippen LogP contribution is -2.56. The van der Waals surface area contributed by atoms with Crippen LogP contribution in [0.15, 0.2) is 0 Å². The van der Waals surface area contributed by atoms with E-state index in [0.29, 0.717) is 19.3 Å². The molecule has 0 bridgehead atoms. The quantitative estimate of drug-likeness (QED) is 0.490. The molecule has 0 aromatic rings. The summed E-state index contributed by atoms with van der Waals surface area (Å²) in [5.41, 5.74) is -0.674. The smallest absolute Gasteiger partial charge is 0.407 e. The van der Waals surface area contributed by atoms with Crippen molar-refractivity contribution in [2.24, 2.45) is 5.92 Å². The van der Waals surface area contributed by atoms with E-state index in [1.807, 2.05) is 0 Å². The van der Waals surface area contributed by atoms with Crippen LogP contribution >= 0.6 is 0 Å². The third-order valence-electron chi connectivity index (χ3n) is 3.64. The normalized spacial score (nSPS) is 23.9. The van der Waals surface area contributed by atoms with Gasteiger partial charge in [0.05, 0.1) is 18.7 Å². The van der Waals surface area contributed by atoms with E-state index in [-0.39, 0.29) is 25.0 Å². The van der Waals surface area contributed by atoms with E-state index in [4.69, 9.17) is 14.9 Å². The van der Waals surface area contributed by atoms with Crippen LogP contribution in [-0.4, -0.2) is 59.1 Å². The van der Waals surface area contributed by atoms with Crippen molar-refractivity contribution >= 4 is 18.1 Å². The van der Waals surface area contributed by atoms with Gasteiger partial charge in [0.25, 0.3) is 0 Å². The highest BCUT2D eigenvalue weighted by molar-refractivity contribution is 5.79. The fourth-order valence-electron chi connectivity index (χ4n) is 2.68. The molecule has 3 amide bonds. The Morgan fingerprint density at radius 2 is 1.79 bits per heavy atom. The molecule has 24 heavy (non-hydrogen) atoms. The maximum absolute atomic E-state index is 12.0. The van der Waals surface area contributed by atoms with E-state index in [0.717, 1.165) is 0 Å². The summed E-state index contributed by atoms with van der Waals surface area (Å²) >= 11 is 0. The molecular formula is C15H27N3O6. The molecule has 0 heterocycles. The number of alkyl carbamates (subject to hydrolysis) is 1. The number of aliphatic hydroxyl groups excluding tert-OH is 1. The second kappa shape index (κ2) is 8.72. The molecule has 9 nitrogen and oxygen atoms in total. The van der Waals surface area contributed by atoms with Gasteiger partial charge in [-0.1, -0.05) is 0 Å². The van der Waals surface area contributed by atoms with Crippen LogP contribution in [0.2, 0.25) is 0 Å². The second-order valence-electron chi connectivity index (χ2n) is 6.83. The molecule has 0 unspecified atom stereocenters. The molecular weight excluding hydrogens is 318 g/mol. The van der Waals surface area contributed by atoms with Gasteiger partial charge in [0.2, 0.25) is 5.91 Å². The number of aliphatic hydroxyl groups is 1. The molecule has 0 aliphatic heterocycles. The molecule has 0 aromatic carbocycles. The minimum Gasteiger partial charge on any atom is -0.465 e. The van der Waals surface area contributed by atoms with Crippen LogP contribution in [0.1, 0.15) is 40.0 Å². The zero-order valence-electron chi connectivity index (χ0n) is 14.3. The van der Waals surface area contributed by atoms with Crippen LogP contribution in [0.25, 0.3) is 0 Å². The molecule has 0 radical (unpaired) electrons. The minimum absolute atomic E-state index is 0.152. The van der Waals surface area contributed by atoms with Gasteiger partial charge >= 0.3 is 12.2 Å². The Morgan fingerprint density at radius 1 is 1.12 bits per heavy atom. The fraction of sp³-hybridized carbons (Fsp3) is 0.800. The molecule has 9 heteroatoms. The standard InChI is InChI=1S/C15H27N3O6/c1-15(2,3)24-14(23)18-11-8-9(12(20)16-6-7-19)4-5-10(11)17-13(21)22/h9-11,17,19H,4-8H2,1-3H3,(H,16,20)(H,18,23)(H,21,22)/t9-,10-,11+/m0/s1. The number of hydrogen-bond donors (Lipinski definition) is 5. The van der Waals surface area contributed by atoms with E-state index in [1.165, 1.54) is 0 Å². The van der Waals surface area contributed by atoms with Gasteiger partial charge in [0, 0.05) is 12.5 Å². The summed E-state index contributed by atoms with van der Waals surface area (Å²) < 4.78 is 5.20. The fourth-order valence-corrected chi connectivity index (χ4v) is 2.68. The zero-order chi connectivity index (χ0) is 18.3. The van der Waals surface area contributed by atoms with Crippen LogP contribution in [0, 0.1) is 5.92 Å². The highest BCUT2D eigenvalue weighted by Crippen LogP contribution is 2.25. The molecule has 1 saturated carbocycles. The van der Waals surface area contributed by atoms with Crippen molar-refractivity contribution in [1.29, 1.82) is 0 Å². The molecule has 1 aliphatic carbocycles. The van der Waals surface area contributed by atoms with E-state index >= 15 is 0 Å². The predicted molar refractivity (Wildman–Crippen MR) is 85.5 cm³/mol. The lowest BCUT2D eigenvalue weighted by Gasteiger charge is -2.36.